The molecule has 35 heavy (non-hydrogen) atoms. The van der Waals surface area contributed by atoms with Crippen molar-refractivity contribution in [2.24, 2.45) is 5.92 Å². The highest BCUT2D eigenvalue weighted by molar-refractivity contribution is 6.33. The minimum atomic E-state index is 0.00918. The van der Waals surface area contributed by atoms with Gasteiger partial charge in [0.05, 0.1) is 5.56 Å². The molecule has 1 aliphatic heterocycles. The number of nitrogens with zero attached hydrogens (tertiary/aromatic N) is 6. The second-order valence-electron chi connectivity index (χ2n) is 9.50. The summed E-state index contributed by atoms with van der Waals surface area (Å²) < 4.78 is 0. The smallest absolute Gasteiger partial charge is 0.257 e. The first-order chi connectivity index (χ1) is 17.0. The Morgan fingerprint density at radius 3 is 2.51 bits per heavy atom. The monoisotopic (exact) mass is 494 g/mol. The average molecular weight is 495 g/mol. The molecule has 2 N–H and O–H groups in total. The third-order valence-corrected chi connectivity index (χ3v) is 7.28. The third-order valence-electron chi connectivity index (χ3n) is 7.00. The van der Waals surface area contributed by atoms with Crippen LogP contribution in [0.4, 0.5) is 11.8 Å². The topological polar surface area (TPSA) is 99.2 Å². The zero-order valence-electron chi connectivity index (χ0n) is 20.0. The van der Waals surface area contributed by atoms with Crippen molar-refractivity contribution >= 4 is 40.2 Å². The number of carbonyl (C=O) groups excluding carboxylic acids is 1. The molecule has 0 atom stereocenters. The van der Waals surface area contributed by atoms with Gasteiger partial charge in [-0.25, -0.2) is 19.9 Å². The van der Waals surface area contributed by atoms with Gasteiger partial charge < -0.3 is 20.4 Å². The van der Waals surface area contributed by atoms with Gasteiger partial charge in [-0.2, -0.15) is 0 Å². The fourth-order valence-electron chi connectivity index (χ4n) is 4.77. The Kier molecular flexibility index (Phi) is 7.24. The van der Waals surface area contributed by atoms with E-state index in [0.717, 1.165) is 75.1 Å². The van der Waals surface area contributed by atoms with E-state index in [4.69, 9.17) is 11.6 Å². The molecule has 0 unspecified atom stereocenters. The van der Waals surface area contributed by atoms with E-state index >= 15 is 0 Å². The molecule has 3 aromatic heterocycles. The van der Waals surface area contributed by atoms with Crippen LogP contribution in [0.5, 0.6) is 0 Å². The molecule has 0 aromatic carbocycles. The Labute approximate surface area is 210 Å². The SMILES string of the molecule is CN1CCN(C(=O)c2cnc(NC[C@H]3CC[C@H](Nc4ccc5ccnc(Cl)c5n4)CC3)nc2)CC1. The molecule has 1 aliphatic carbocycles. The number of aromatic nitrogens is 4. The molecule has 184 valence electrons. The number of likely N-dealkylation sites (N-methyl/N-ethyl adjacent to an activating group) is 1. The van der Waals surface area contributed by atoms with E-state index in [1.54, 1.807) is 18.6 Å². The van der Waals surface area contributed by atoms with Crippen LogP contribution in [0.15, 0.2) is 36.8 Å². The van der Waals surface area contributed by atoms with Crippen molar-refractivity contribution in [1.82, 2.24) is 29.7 Å². The van der Waals surface area contributed by atoms with Crippen molar-refractivity contribution in [3.63, 3.8) is 0 Å². The lowest BCUT2D eigenvalue weighted by Gasteiger charge is -2.32. The number of pyridine rings is 2. The number of anilines is 2. The van der Waals surface area contributed by atoms with Gasteiger partial charge >= 0.3 is 0 Å². The van der Waals surface area contributed by atoms with E-state index in [9.17, 15) is 4.79 Å². The van der Waals surface area contributed by atoms with Gasteiger partial charge in [0.25, 0.3) is 5.91 Å². The third kappa shape index (κ3) is 5.79. The lowest BCUT2D eigenvalue weighted by Crippen LogP contribution is -2.47. The van der Waals surface area contributed by atoms with Crippen LogP contribution in [0.2, 0.25) is 5.15 Å². The zero-order chi connectivity index (χ0) is 24.2. The molecule has 2 fully saturated rings. The summed E-state index contributed by atoms with van der Waals surface area (Å²) in [4.78, 5) is 34.3. The maximum absolute atomic E-state index is 12.7. The second-order valence-corrected chi connectivity index (χ2v) is 9.86. The Morgan fingerprint density at radius 2 is 1.77 bits per heavy atom. The molecule has 5 rings (SSSR count). The van der Waals surface area contributed by atoms with Crippen LogP contribution in [-0.2, 0) is 0 Å². The van der Waals surface area contributed by atoms with Gasteiger partial charge in [-0.05, 0) is 56.8 Å². The number of nitrogens with one attached hydrogen (secondary N) is 2. The number of fused-ring (bicyclic) bond motifs is 1. The van der Waals surface area contributed by atoms with Gasteiger partial charge in [-0.1, -0.05) is 11.6 Å². The molecule has 1 saturated carbocycles. The summed E-state index contributed by atoms with van der Waals surface area (Å²) in [5, 5.41) is 8.33. The van der Waals surface area contributed by atoms with Crippen LogP contribution in [-0.4, -0.2) is 81.5 Å². The molecule has 2 aliphatic rings. The van der Waals surface area contributed by atoms with E-state index in [2.05, 4.69) is 42.5 Å². The highest BCUT2D eigenvalue weighted by Gasteiger charge is 2.23. The van der Waals surface area contributed by atoms with Crippen LogP contribution in [0.1, 0.15) is 36.0 Å². The quantitative estimate of drug-likeness (QED) is 0.502. The van der Waals surface area contributed by atoms with Crippen LogP contribution in [0.25, 0.3) is 10.9 Å². The number of hydrogen-bond donors (Lipinski definition) is 2. The van der Waals surface area contributed by atoms with Crippen LogP contribution in [0.3, 0.4) is 0 Å². The van der Waals surface area contributed by atoms with Crippen LogP contribution < -0.4 is 10.6 Å². The molecule has 3 aromatic rings. The minimum Gasteiger partial charge on any atom is -0.367 e. The number of halogens is 1. The standard InChI is InChI=1S/C25H31ClN8O/c1-33-10-12-34(13-11-33)24(35)19-15-29-25(30-16-19)28-14-17-2-5-20(6-3-17)31-21-7-4-18-8-9-27-23(26)22(18)32-21/h4,7-9,15-17,20H,2-3,5-6,10-14H2,1H3,(H,31,32)(H,28,29,30)/t17-,20-. The van der Waals surface area contributed by atoms with E-state index in [0.29, 0.717) is 28.6 Å². The molecular weight excluding hydrogens is 464 g/mol. The zero-order valence-corrected chi connectivity index (χ0v) is 20.7. The number of carbonyl (C=O) groups is 1. The Hall–Kier alpha value is -3.04. The first kappa shape index (κ1) is 23.7. The fraction of sp³-hybridized carbons (Fsp3) is 0.480. The van der Waals surface area contributed by atoms with Gasteiger partial charge in [0, 0.05) is 62.7 Å². The van der Waals surface area contributed by atoms with E-state index in [1.165, 1.54) is 0 Å². The van der Waals surface area contributed by atoms with Gasteiger partial charge in [0.2, 0.25) is 5.95 Å². The molecule has 0 bridgehead atoms. The summed E-state index contributed by atoms with van der Waals surface area (Å²) in [5.74, 6) is 1.99. The highest BCUT2D eigenvalue weighted by atomic mass is 35.5. The average Bonchev–Trinajstić information content (AvgIpc) is 2.89. The lowest BCUT2D eigenvalue weighted by atomic mass is 9.86. The van der Waals surface area contributed by atoms with Gasteiger partial charge in [-0.15, -0.1) is 0 Å². The lowest BCUT2D eigenvalue weighted by molar-refractivity contribution is 0.0663. The number of hydrogen-bond acceptors (Lipinski definition) is 8. The summed E-state index contributed by atoms with van der Waals surface area (Å²) >= 11 is 6.20. The van der Waals surface area contributed by atoms with Crippen molar-refractivity contribution < 1.29 is 4.79 Å². The molecule has 0 spiro atoms. The fourth-order valence-corrected chi connectivity index (χ4v) is 4.98. The molecule has 4 heterocycles. The Morgan fingerprint density at radius 1 is 1.03 bits per heavy atom. The summed E-state index contributed by atoms with van der Waals surface area (Å²) in [5.41, 5.74) is 1.28. The van der Waals surface area contributed by atoms with E-state index in [-0.39, 0.29) is 5.91 Å². The predicted octanol–water partition coefficient (Wildman–Crippen LogP) is 3.54. The summed E-state index contributed by atoms with van der Waals surface area (Å²) in [6.45, 7) is 4.11. The van der Waals surface area contributed by atoms with Crippen molar-refractivity contribution in [1.29, 1.82) is 0 Å². The van der Waals surface area contributed by atoms with Crippen LogP contribution >= 0.6 is 11.6 Å². The molecule has 1 amide bonds. The number of amides is 1. The first-order valence-corrected chi connectivity index (χ1v) is 12.6. The van der Waals surface area contributed by atoms with Crippen molar-refractivity contribution in [2.45, 2.75) is 31.7 Å². The normalized spacial score (nSPS) is 21.1. The van der Waals surface area contributed by atoms with Gasteiger partial charge in [0.1, 0.15) is 11.3 Å². The maximum Gasteiger partial charge on any atom is 0.257 e. The van der Waals surface area contributed by atoms with Crippen molar-refractivity contribution in [2.75, 3.05) is 50.4 Å². The first-order valence-electron chi connectivity index (χ1n) is 12.3. The highest BCUT2D eigenvalue weighted by Crippen LogP contribution is 2.28. The predicted molar refractivity (Wildman–Crippen MR) is 138 cm³/mol. The summed E-state index contributed by atoms with van der Waals surface area (Å²) in [6, 6.07) is 6.33. The molecule has 9 nitrogen and oxygen atoms in total. The van der Waals surface area contributed by atoms with Gasteiger partial charge in [0.15, 0.2) is 5.15 Å². The summed E-state index contributed by atoms with van der Waals surface area (Å²) in [6.07, 6.45) is 9.34. The molecule has 0 radical (unpaired) electrons. The van der Waals surface area contributed by atoms with E-state index in [1.807, 2.05) is 23.1 Å². The van der Waals surface area contributed by atoms with Crippen molar-refractivity contribution in [3.8, 4) is 0 Å². The largest absolute Gasteiger partial charge is 0.367 e. The number of piperazine rings is 1. The minimum absolute atomic E-state index is 0.00918. The molecular formula is C25H31ClN8O. The van der Waals surface area contributed by atoms with Crippen molar-refractivity contribution in [3.05, 3.63) is 47.5 Å². The maximum atomic E-state index is 12.7. The van der Waals surface area contributed by atoms with Crippen LogP contribution in [0, 0.1) is 5.92 Å². The Bertz CT molecular complexity index is 1160. The Balaban J connectivity index is 1.07. The number of rotatable bonds is 6. The second kappa shape index (κ2) is 10.7. The molecule has 10 heteroatoms. The summed E-state index contributed by atoms with van der Waals surface area (Å²) in [7, 11) is 2.07. The molecule has 1 saturated heterocycles. The van der Waals surface area contributed by atoms with Gasteiger partial charge in [-0.3, -0.25) is 4.79 Å². The van der Waals surface area contributed by atoms with E-state index < -0.39 is 0 Å².